The zero-order valence-corrected chi connectivity index (χ0v) is 10.2. The van der Waals surface area contributed by atoms with Gasteiger partial charge in [-0.3, -0.25) is 4.57 Å². The Kier molecular flexibility index (Phi) is 4.75. The second-order valence-electron chi connectivity index (χ2n) is 3.32. The minimum absolute atomic E-state index is 0.397. The van der Waals surface area contributed by atoms with Crippen LogP contribution in [0.5, 0.6) is 0 Å². The fourth-order valence-electron chi connectivity index (χ4n) is 1.73. The van der Waals surface area contributed by atoms with Gasteiger partial charge >= 0.3 is 7.67 Å². The van der Waals surface area contributed by atoms with E-state index in [4.69, 9.17) is 9.79 Å². The van der Waals surface area contributed by atoms with Crippen LogP contribution >= 0.6 is 7.67 Å². The molecule has 5 nitrogen and oxygen atoms in total. The minimum Gasteiger partial charge on any atom is -0.304 e. The average molecular weight is 231 g/mol. The van der Waals surface area contributed by atoms with E-state index in [2.05, 4.69) is 6.07 Å². The summed E-state index contributed by atoms with van der Waals surface area (Å²) in [6.45, 7) is 7.03. The molecule has 15 heavy (non-hydrogen) atoms. The molecule has 6 heteroatoms. The van der Waals surface area contributed by atoms with E-state index in [1.54, 1.807) is 0 Å². The highest BCUT2D eigenvalue weighted by Crippen LogP contribution is 2.57. The van der Waals surface area contributed by atoms with E-state index in [9.17, 15) is 4.57 Å². The lowest BCUT2D eigenvalue weighted by molar-refractivity contribution is 0.292. The van der Waals surface area contributed by atoms with Crippen molar-refractivity contribution in [1.29, 1.82) is 5.26 Å². The van der Waals surface area contributed by atoms with E-state index < -0.39 is 7.67 Å². The van der Waals surface area contributed by atoms with Crippen LogP contribution in [-0.2, 0) is 9.09 Å². The molecule has 1 fully saturated rings. The first-order chi connectivity index (χ1) is 7.19. The molecule has 0 aliphatic carbocycles. The summed E-state index contributed by atoms with van der Waals surface area (Å²) in [4.78, 5) is 0. The second kappa shape index (κ2) is 5.62. The summed E-state index contributed by atoms with van der Waals surface area (Å²) in [7, 11) is -2.80. The Labute approximate surface area is 91.2 Å². The predicted octanol–water partition coefficient (Wildman–Crippen LogP) is 1.68. The van der Waals surface area contributed by atoms with Crippen LogP contribution in [-0.4, -0.2) is 42.1 Å². The highest BCUT2D eigenvalue weighted by Gasteiger charge is 2.41. The first kappa shape index (κ1) is 12.7. The third-order valence-electron chi connectivity index (χ3n) is 2.54. The molecule has 1 aliphatic heterocycles. The molecule has 1 atom stereocenters. The standard InChI is InChI=1S/C9H18N3O2P/c1-3-11(4-2)15(13)12(7-5-6-10)8-9-14-15/h3-5,7-9H2,1-2H3. The van der Waals surface area contributed by atoms with Crippen LogP contribution in [0.15, 0.2) is 0 Å². The Balaban J connectivity index is 2.72. The summed E-state index contributed by atoms with van der Waals surface area (Å²) in [6.07, 6.45) is 0.397. The lowest BCUT2D eigenvalue weighted by Crippen LogP contribution is -2.29. The maximum atomic E-state index is 12.5. The summed E-state index contributed by atoms with van der Waals surface area (Å²) in [5.74, 6) is 0. The lowest BCUT2D eigenvalue weighted by Gasteiger charge is -2.30. The Morgan fingerprint density at radius 1 is 1.53 bits per heavy atom. The molecular formula is C9H18N3O2P. The maximum absolute atomic E-state index is 12.5. The largest absolute Gasteiger partial charge is 0.346 e. The number of nitriles is 1. The van der Waals surface area contributed by atoms with Crippen LogP contribution in [0.25, 0.3) is 0 Å². The summed E-state index contributed by atoms with van der Waals surface area (Å²) in [5, 5.41) is 8.53. The van der Waals surface area contributed by atoms with Crippen molar-refractivity contribution in [2.45, 2.75) is 20.3 Å². The molecule has 0 aromatic rings. The summed E-state index contributed by atoms with van der Waals surface area (Å²) in [5.41, 5.74) is 0. The van der Waals surface area contributed by atoms with E-state index in [0.29, 0.717) is 39.2 Å². The zero-order valence-electron chi connectivity index (χ0n) is 9.35. The topological polar surface area (TPSA) is 56.6 Å². The van der Waals surface area contributed by atoms with Gasteiger partial charge in [-0.15, -0.1) is 0 Å². The van der Waals surface area contributed by atoms with Gasteiger partial charge in [0.2, 0.25) is 0 Å². The van der Waals surface area contributed by atoms with Gasteiger partial charge in [0.25, 0.3) is 0 Å². The molecule has 1 unspecified atom stereocenters. The van der Waals surface area contributed by atoms with Crippen molar-refractivity contribution < 1.29 is 9.09 Å². The third-order valence-corrected chi connectivity index (χ3v) is 5.45. The molecule has 86 valence electrons. The summed E-state index contributed by atoms with van der Waals surface area (Å²) < 4.78 is 21.6. The molecule has 0 N–H and O–H groups in total. The highest BCUT2D eigenvalue weighted by molar-refractivity contribution is 7.54. The van der Waals surface area contributed by atoms with E-state index in [0.717, 1.165) is 0 Å². The van der Waals surface area contributed by atoms with Gasteiger partial charge in [-0.25, -0.2) is 9.34 Å². The van der Waals surface area contributed by atoms with Gasteiger partial charge in [0.15, 0.2) is 0 Å². The second-order valence-corrected chi connectivity index (χ2v) is 5.70. The molecule has 0 amide bonds. The molecule has 1 rings (SSSR count). The fourth-order valence-corrected chi connectivity index (χ4v) is 4.14. The number of hydrogen-bond donors (Lipinski definition) is 0. The first-order valence-electron chi connectivity index (χ1n) is 5.31. The molecule has 1 saturated heterocycles. The van der Waals surface area contributed by atoms with Gasteiger partial charge in [0.1, 0.15) is 0 Å². The number of nitrogens with zero attached hydrogens (tertiary/aromatic N) is 3. The molecule has 0 aromatic heterocycles. The van der Waals surface area contributed by atoms with Crippen molar-refractivity contribution in [3.63, 3.8) is 0 Å². The number of hydrogen-bond acceptors (Lipinski definition) is 3. The monoisotopic (exact) mass is 231 g/mol. The predicted molar refractivity (Wildman–Crippen MR) is 58.3 cm³/mol. The van der Waals surface area contributed by atoms with Gasteiger partial charge in [-0.05, 0) is 0 Å². The smallest absolute Gasteiger partial charge is 0.304 e. The van der Waals surface area contributed by atoms with Gasteiger partial charge < -0.3 is 4.52 Å². The Morgan fingerprint density at radius 3 is 2.73 bits per heavy atom. The van der Waals surface area contributed by atoms with Crippen molar-refractivity contribution in [2.75, 3.05) is 32.8 Å². The lowest BCUT2D eigenvalue weighted by atomic mass is 10.4. The van der Waals surface area contributed by atoms with Crippen LogP contribution in [0.1, 0.15) is 20.3 Å². The van der Waals surface area contributed by atoms with Crippen LogP contribution in [0.2, 0.25) is 0 Å². The molecular weight excluding hydrogens is 213 g/mol. The van der Waals surface area contributed by atoms with Crippen molar-refractivity contribution in [3.05, 3.63) is 0 Å². The average Bonchev–Trinajstić information content (AvgIpc) is 2.59. The fraction of sp³-hybridized carbons (Fsp3) is 0.889. The maximum Gasteiger partial charge on any atom is 0.346 e. The molecule has 0 radical (unpaired) electrons. The Morgan fingerprint density at radius 2 is 2.20 bits per heavy atom. The van der Waals surface area contributed by atoms with Crippen LogP contribution < -0.4 is 0 Å². The van der Waals surface area contributed by atoms with Crippen molar-refractivity contribution in [3.8, 4) is 6.07 Å². The summed E-state index contributed by atoms with van der Waals surface area (Å²) in [6, 6.07) is 2.07. The quantitative estimate of drug-likeness (QED) is 0.674. The highest BCUT2D eigenvalue weighted by atomic mass is 31.2. The van der Waals surface area contributed by atoms with Crippen molar-refractivity contribution in [2.24, 2.45) is 0 Å². The molecule has 0 aromatic carbocycles. The molecule has 1 aliphatic rings. The molecule has 0 bridgehead atoms. The van der Waals surface area contributed by atoms with Crippen LogP contribution in [0.4, 0.5) is 0 Å². The Hall–Kier alpha value is -0.400. The van der Waals surface area contributed by atoms with Gasteiger partial charge in [-0.1, -0.05) is 13.8 Å². The molecule has 0 spiro atoms. The van der Waals surface area contributed by atoms with Gasteiger partial charge in [0, 0.05) is 32.6 Å². The SMILES string of the molecule is CCN(CC)P1(=O)OCCN1CCC#N. The molecule has 1 heterocycles. The Bertz CT molecular complexity index is 286. The first-order valence-corrected chi connectivity index (χ1v) is 6.84. The van der Waals surface area contributed by atoms with E-state index in [1.807, 2.05) is 23.2 Å². The van der Waals surface area contributed by atoms with E-state index >= 15 is 0 Å². The van der Waals surface area contributed by atoms with Gasteiger partial charge in [0.05, 0.1) is 12.7 Å². The minimum atomic E-state index is -2.80. The van der Waals surface area contributed by atoms with Gasteiger partial charge in [-0.2, -0.15) is 5.26 Å². The van der Waals surface area contributed by atoms with Crippen molar-refractivity contribution >= 4 is 7.67 Å². The van der Waals surface area contributed by atoms with Crippen LogP contribution in [0.3, 0.4) is 0 Å². The number of rotatable bonds is 5. The van der Waals surface area contributed by atoms with Crippen LogP contribution in [0, 0.1) is 11.3 Å². The molecule has 0 saturated carbocycles. The third kappa shape index (κ3) is 2.59. The summed E-state index contributed by atoms with van der Waals surface area (Å²) >= 11 is 0. The van der Waals surface area contributed by atoms with E-state index in [-0.39, 0.29) is 0 Å². The zero-order chi connectivity index (χ0) is 11.3. The van der Waals surface area contributed by atoms with E-state index in [1.165, 1.54) is 0 Å². The van der Waals surface area contributed by atoms with Crippen molar-refractivity contribution in [1.82, 2.24) is 9.34 Å². The normalized spacial score (nSPS) is 27.1.